The van der Waals surface area contributed by atoms with Crippen LogP contribution >= 0.6 is 0 Å². The second-order valence-corrected chi connectivity index (χ2v) is 3.81. The van der Waals surface area contributed by atoms with Crippen LogP contribution in [0.1, 0.15) is 11.5 Å². The normalized spacial score (nSPS) is 19.9. The number of fused-ring (bicyclic) bond motifs is 1. The first-order chi connectivity index (χ1) is 6.74. The number of benzene rings is 1. The van der Waals surface area contributed by atoms with Crippen LogP contribution in [0.4, 0.5) is 10.1 Å². The molecule has 0 amide bonds. The van der Waals surface area contributed by atoms with Gasteiger partial charge in [0.15, 0.2) is 0 Å². The van der Waals surface area contributed by atoms with Gasteiger partial charge < -0.3 is 10.2 Å². The summed E-state index contributed by atoms with van der Waals surface area (Å²) in [6.07, 6.45) is 0. The Morgan fingerprint density at radius 3 is 3.07 bits per heavy atom. The second kappa shape index (κ2) is 3.58. The third-order valence-corrected chi connectivity index (χ3v) is 2.78. The highest BCUT2D eigenvalue weighted by atomic mass is 19.1. The number of hydrogen-bond donors (Lipinski definition) is 1. The van der Waals surface area contributed by atoms with Gasteiger partial charge in [-0.15, -0.1) is 0 Å². The summed E-state index contributed by atoms with van der Waals surface area (Å²) in [5.41, 5.74) is 1.90. The van der Waals surface area contributed by atoms with Gasteiger partial charge in [-0.1, -0.05) is 12.1 Å². The summed E-state index contributed by atoms with van der Waals surface area (Å²) in [6, 6.07) is 5.33. The Hall–Kier alpha value is -1.09. The molecular weight excluding hydrogens is 179 g/mol. The maximum Gasteiger partial charge on any atom is 0.146 e. The highest BCUT2D eigenvalue weighted by Crippen LogP contribution is 2.36. The summed E-state index contributed by atoms with van der Waals surface area (Å²) in [4.78, 5) is 1.99. The lowest BCUT2D eigenvalue weighted by atomic mass is 10.0. The Kier molecular flexibility index (Phi) is 2.42. The standard InChI is InChI=1S/C11H15FN2/c1-13-6-8-7-14(2)11-9(8)4-3-5-10(11)12/h3-5,8,13H,6-7H2,1-2H3. The fourth-order valence-electron chi connectivity index (χ4n) is 2.21. The average Bonchev–Trinajstić information content (AvgIpc) is 2.46. The number of nitrogens with zero attached hydrogens (tertiary/aromatic N) is 1. The molecule has 0 bridgehead atoms. The fraction of sp³-hybridized carbons (Fsp3) is 0.455. The van der Waals surface area contributed by atoms with Gasteiger partial charge in [0.05, 0.1) is 5.69 Å². The van der Waals surface area contributed by atoms with Crippen LogP contribution in [0.25, 0.3) is 0 Å². The van der Waals surface area contributed by atoms with E-state index in [2.05, 4.69) is 5.32 Å². The van der Waals surface area contributed by atoms with Crippen LogP contribution < -0.4 is 10.2 Å². The highest BCUT2D eigenvalue weighted by Gasteiger charge is 2.27. The molecule has 2 rings (SSSR count). The minimum atomic E-state index is -0.108. The van der Waals surface area contributed by atoms with Gasteiger partial charge in [-0.05, 0) is 18.7 Å². The molecule has 1 aliphatic rings. The van der Waals surface area contributed by atoms with Gasteiger partial charge in [-0.3, -0.25) is 0 Å². The van der Waals surface area contributed by atoms with Gasteiger partial charge >= 0.3 is 0 Å². The SMILES string of the molecule is CNCC1CN(C)c2c(F)cccc21. The summed E-state index contributed by atoms with van der Waals surface area (Å²) < 4.78 is 13.5. The average molecular weight is 194 g/mol. The Morgan fingerprint density at radius 1 is 1.57 bits per heavy atom. The summed E-state index contributed by atoms with van der Waals surface area (Å²) in [5, 5.41) is 3.14. The molecule has 76 valence electrons. The van der Waals surface area contributed by atoms with E-state index < -0.39 is 0 Å². The molecule has 0 spiro atoms. The van der Waals surface area contributed by atoms with E-state index in [1.54, 1.807) is 6.07 Å². The van der Waals surface area contributed by atoms with Gasteiger partial charge in [0.2, 0.25) is 0 Å². The zero-order valence-corrected chi connectivity index (χ0v) is 8.55. The summed E-state index contributed by atoms with van der Waals surface area (Å²) >= 11 is 0. The Labute approximate surface area is 83.7 Å². The molecule has 0 saturated heterocycles. The van der Waals surface area contributed by atoms with Gasteiger partial charge in [0, 0.05) is 26.1 Å². The van der Waals surface area contributed by atoms with Gasteiger partial charge in [0.1, 0.15) is 5.82 Å². The van der Waals surface area contributed by atoms with Crippen LogP contribution in [-0.4, -0.2) is 27.2 Å². The lowest BCUT2D eigenvalue weighted by molar-refractivity contribution is 0.626. The molecule has 1 aromatic carbocycles. The predicted molar refractivity (Wildman–Crippen MR) is 56.3 cm³/mol. The zero-order valence-electron chi connectivity index (χ0n) is 8.55. The minimum absolute atomic E-state index is 0.108. The second-order valence-electron chi connectivity index (χ2n) is 3.81. The Morgan fingerprint density at radius 2 is 2.36 bits per heavy atom. The molecule has 1 atom stereocenters. The van der Waals surface area contributed by atoms with Crippen molar-refractivity contribution in [1.82, 2.24) is 5.32 Å². The van der Waals surface area contributed by atoms with Crippen molar-refractivity contribution in [3.63, 3.8) is 0 Å². The maximum atomic E-state index is 13.5. The molecule has 0 fully saturated rings. The summed E-state index contributed by atoms with van der Waals surface area (Å²) in [5.74, 6) is 0.305. The number of para-hydroxylation sites is 1. The van der Waals surface area contributed by atoms with Crippen molar-refractivity contribution in [3.8, 4) is 0 Å². The number of rotatable bonds is 2. The minimum Gasteiger partial charge on any atom is -0.371 e. The van der Waals surface area contributed by atoms with Crippen LogP contribution in [0.2, 0.25) is 0 Å². The molecule has 3 heteroatoms. The van der Waals surface area contributed by atoms with Crippen molar-refractivity contribution in [2.75, 3.05) is 32.1 Å². The van der Waals surface area contributed by atoms with E-state index in [0.29, 0.717) is 5.92 Å². The molecule has 1 aliphatic heterocycles. The van der Waals surface area contributed by atoms with E-state index in [4.69, 9.17) is 0 Å². The largest absolute Gasteiger partial charge is 0.371 e. The lowest BCUT2D eigenvalue weighted by Crippen LogP contribution is -2.22. The molecule has 14 heavy (non-hydrogen) atoms. The summed E-state index contributed by atoms with van der Waals surface area (Å²) in [7, 11) is 3.87. The lowest BCUT2D eigenvalue weighted by Gasteiger charge is -2.12. The van der Waals surface area contributed by atoms with Crippen LogP contribution in [0.3, 0.4) is 0 Å². The molecule has 2 nitrogen and oxygen atoms in total. The molecule has 1 unspecified atom stereocenters. The van der Waals surface area contributed by atoms with E-state index in [-0.39, 0.29) is 5.82 Å². The van der Waals surface area contributed by atoms with Crippen molar-refractivity contribution < 1.29 is 4.39 Å². The quantitative estimate of drug-likeness (QED) is 0.769. The Bertz CT molecular complexity index is 338. The highest BCUT2D eigenvalue weighted by molar-refractivity contribution is 5.60. The van der Waals surface area contributed by atoms with E-state index in [0.717, 1.165) is 24.3 Å². The number of nitrogens with one attached hydrogen (secondary N) is 1. The maximum absolute atomic E-state index is 13.5. The van der Waals surface area contributed by atoms with Crippen LogP contribution in [0.5, 0.6) is 0 Å². The molecule has 1 N–H and O–H groups in total. The van der Waals surface area contributed by atoms with E-state index in [1.807, 2.05) is 25.1 Å². The molecule has 0 aromatic heterocycles. The smallest absolute Gasteiger partial charge is 0.146 e. The molecule has 0 radical (unpaired) electrons. The number of likely N-dealkylation sites (N-methyl/N-ethyl adjacent to an activating group) is 2. The van der Waals surface area contributed by atoms with Crippen molar-refractivity contribution in [2.24, 2.45) is 0 Å². The zero-order chi connectivity index (χ0) is 10.1. The van der Waals surface area contributed by atoms with Crippen molar-refractivity contribution in [2.45, 2.75) is 5.92 Å². The first-order valence-electron chi connectivity index (χ1n) is 4.88. The third kappa shape index (κ3) is 1.38. The van der Waals surface area contributed by atoms with E-state index >= 15 is 0 Å². The van der Waals surface area contributed by atoms with Crippen LogP contribution in [0.15, 0.2) is 18.2 Å². The fourth-order valence-corrected chi connectivity index (χ4v) is 2.21. The number of halogens is 1. The first-order valence-corrected chi connectivity index (χ1v) is 4.88. The molecule has 0 aliphatic carbocycles. The van der Waals surface area contributed by atoms with Gasteiger partial charge in [-0.2, -0.15) is 0 Å². The van der Waals surface area contributed by atoms with Crippen molar-refractivity contribution >= 4 is 5.69 Å². The molecule has 1 heterocycles. The molecule has 0 saturated carbocycles. The predicted octanol–water partition coefficient (Wildman–Crippen LogP) is 1.58. The topological polar surface area (TPSA) is 15.3 Å². The Balaban J connectivity index is 2.39. The first kappa shape index (κ1) is 9.46. The summed E-state index contributed by atoms with van der Waals surface area (Å²) in [6.45, 7) is 1.80. The van der Waals surface area contributed by atoms with Gasteiger partial charge in [0.25, 0.3) is 0 Å². The number of hydrogen-bond acceptors (Lipinski definition) is 2. The van der Waals surface area contributed by atoms with Crippen LogP contribution in [0, 0.1) is 5.82 Å². The molecular formula is C11H15FN2. The van der Waals surface area contributed by atoms with Gasteiger partial charge in [-0.25, -0.2) is 4.39 Å². The number of anilines is 1. The van der Waals surface area contributed by atoms with E-state index in [1.165, 1.54) is 6.07 Å². The van der Waals surface area contributed by atoms with Crippen molar-refractivity contribution in [1.29, 1.82) is 0 Å². The molecule has 1 aromatic rings. The van der Waals surface area contributed by atoms with E-state index in [9.17, 15) is 4.39 Å². The van der Waals surface area contributed by atoms with Crippen LogP contribution in [-0.2, 0) is 0 Å². The van der Waals surface area contributed by atoms with Crippen molar-refractivity contribution in [3.05, 3.63) is 29.6 Å². The monoisotopic (exact) mass is 194 g/mol. The third-order valence-electron chi connectivity index (χ3n) is 2.78.